The van der Waals surface area contributed by atoms with Gasteiger partial charge >= 0.3 is 6.09 Å². The van der Waals surface area contributed by atoms with E-state index in [1.54, 1.807) is 0 Å². The van der Waals surface area contributed by atoms with E-state index in [2.05, 4.69) is 51.2 Å². The van der Waals surface area contributed by atoms with Gasteiger partial charge in [0.2, 0.25) is 0 Å². The van der Waals surface area contributed by atoms with Crippen molar-refractivity contribution in [3.8, 4) is 0 Å². The summed E-state index contributed by atoms with van der Waals surface area (Å²) >= 11 is 0. The summed E-state index contributed by atoms with van der Waals surface area (Å²) in [5.74, 6) is 0. The first-order chi connectivity index (χ1) is 11.2. The molecule has 136 valence electrons. The molecular weight excluding hydrogens is 300 g/mol. The monoisotopic (exact) mass is 334 g/mol. The van der Waals surface area contributed by atoms with Crippen molar-refractivity contribution in [3.05, 3.63) is 29.3 Å². The molecule has 0 heterocycles. The summed E-state index contributed by atoms with van der Waals surface area (Å²) in [6.45, 7) is 15.7. The van der Waals surface area contributed by atoms with Crippen LogP contribution in [0.4, 0.5) is 10.5 Å². The molecule has 0 spiro atoms. The molecule has 0 aromatic heterocycles. The molecule has 1 atom stereocenters. The number of benzene rings is 1. The van der Waals surface area contributed by atoms with E-state index in [0.717, 1.165) is 30.6 Å². The first-order valence-electron chi connectivity index (χ1n) is 9.03. The zero-order valence-electron chi connectivity index (χ0n) is 16.4. The minimum Gasteiger partial charge on any atom is -0.444 e. The van der Waals surface area contributed by atoms with E-state index in [0.29, 0.717) is 6.54 Å². The van der Waals surface area contributed by atoms with Crippen LogP contribution in [0.3, 0.4) is 0 Å². The molecule has 1 aromatic rings. The average Bonchev–Trinajstić information content (AvgIpc) is 2.48. The lowest BCUT2D eigenvalue weighted by molar-refractivity contribution is 0.0170. The molecule has 1 amide bonds. The van der Waals surface area contributed by atoms with Crippen molar-refractivity contribution in [2.75, 3.05) is 18.4 Å². The van der Waals surface area contributed by atoms with Crippen molar-refractivity contribution in [1.29, 1.82) is 0 Å². The molecule has 0 aliphatic heterocycles. The third-order valence-corrected chi connectivity index (χ3v) is 3.96. The number of hydrogen-bond acceptors (Lipinski definition) is 3. The van der Waals surface area contributed by atoms with E-state index in [-0.39, 0.29) is 12.1 Å². The van der Waals surface area contributed by atoms with Crippen molar-refractivity contribution in [3.63, 3.8) is 0 Å². The van der Waals surface area contributed by atoms with Gasteiger partial charge in [0.15, 0.2) is 0 Å². The number of ether oxygens (including phenoxy) is 1. The molecule has 0 aliphatic carbocycles. The summed E-state index contributed by atoms with van der Waals surface area (Å²) in [6.07, 6.45) is 1.77. The molecule has 0 aliphatic rings. The normalized spacial score (nSPS) is 12.6. The minimum absolute atomic E-state index is 0.0237. The first-order valence-corrected chi connectivity index (χ1v) is 9.03. The highest BCUT2D eigenvalue weighted by Gasteiger charge is 2.26. The molecule has 24 heavy (non-hydrogen) atoms. The Morgan fingerprint density at radius 3 is 2.50 bits per heavy atom. The highest BCUT2D eigenvalue weighted by Crippen LogP contribution is 2.27. The number of hydrogen-bond donors (Lipinski definition) is 1. The number of aryl methyl sites for hydroxylation is 1. The number of anilines is 1. The van der Waals surface area contributed by atoms with Gasteiger partial charge in [0.25, 0.3) is 0 Å². The van der Waals surface area contributed by atoms with Gasteiger partial charge in [-0.1, -0.05) is 25.5 Å². The van der Waals surface area contributed by atoms with Gasteiger partial charge in [-0.2, -0.15) is 0 Å². The SMILES string of the molecule is CCCCN(C(=O)OC(C)(C)C)C(C)c1ccc(C)c(NCC)c1. The lowest BCUT2D eigenvalue weighted by Crippen LogP contribution is -2.39. The van der Waals surface area contributed by atoms with Crippen molar-refractivity contribution in [1.82, 2.24) is 4.90 Å². The van der Waals surface area contributed by atoms with Gasteiger partial charge < -0.3 is 15.0 Å². The van der Waals surface area contributed by atoms with Crippen LogP contribution in [0.5, 0.6) is 0 Å². The summed E-state index contributed by atoms with van der Waals surface area (Å²) in [7, 11) is 0. The predicted octanol–water partition coefficient (Wildman–Crippen LogP) is 5.53. The maximum absolute atomic E-state index is 12.6. The van der Waals surface area contributed by atoms with Crippen LogP contribution in [0.15, 0.2) is 18.2 Å². The quantitative estimate of drug-likeness (QED) is 0.713. The van der Waals surface area contributed by atoms with Crippen LogP contribution >= 0.6 is 0 Å². The van der Waals surface area contributed by atoms with E-state index >= 15 is 0 Å². The van der Waals surface area contributed by atoms with Crippen LogP contribution < -0.4 is 5.32 Å². The van der Waals surface area contributed by atoms with E-state index in [4.69, 9.17) is 4.74 Å². The molecular formula is C20H34N2O2. The predicted molar refractivity (Wildman–Crippen MR) is 102 cm³/mol. The largest absolute Gasteiger partial charge is 0.444 e. The van der Waals surface area contributed by atoms with Gasteiger partial charge in [-0.25, -0.2) is 4.79 Å². The van der Waals surface area contributed by atoms with Crippen LogP contribution in [0.1, 0.15) is 71.6 Å². The zero-order valence-corrected chi connectivity index (χ0v) is 16.4. The molecule has 0 saturated carbocycles. The van der Waals surface area contributed by atoms with E-state index in [1.165, 1.54) is 5.56 Å². The van der Waals surface area contributed by atoms with Crippen LogP contribution in [0, 0.1) is 6.92 Å². The second-order valence-electron chi connectivity index (χ2n) is 7.31. The number of nitrogens with one attached hydrogen (secondary N) is 1. The fourth-order valence-electron chi connectivity index (χ4n) is 2.55. The van der Waals surface area contributed by atoms with Gasteiger partial charge in [0.1, 0.15) is 5.60 Å². The molecule has 0 saturated heterocycles. The maximum Gasteiger partial charge on any atom is 0.410 e. The van der Waals surface area contributed by atoms with Crippen molar-refractivity contribution >= 4 is 11.8 Å². The smallest absolute Gasteiger partial charge is 0.410 e. The van der Waals surface area contributed by atoms with E-state index < -0.39 is 5.60 Å². The fourth-order valence-corrected chi connectivity index (χ4v) is 2.55. The number of carbonyl (C=O) groups is 1. The van der Waals surface area contributed by atoms with Crippen LogP contribution in [0.25, 0.3) is 0 Å². The Balaban J connectivity index is 3.04. The zero-order chi connectivity index (χ0) is 18.3. The Hall–Kier alpha value is -1.71. The van der Waals surface area contributed by atoms with Crippen LogP contribution in [-0.2, 0) is 4.74 Å². The number of rotatable bonds is 7. The summed E-state index contributed by atoms with van der Waals surface area (Å²) in [4.78, 5) is 14.5. The van der Waals surface area contributed by atoms with Crippen molar-refractivity contribution in [2.24, 2.45) is 0 Å². The Morgan fingerprint density at radius 1 is 1.29 bits per heavy atom. The summed E-state index contributed by atoms with van der Waals surface area (Å²) in [6, 6.07) is 6.33. The van der Waals surface area contributed by atoms with Gasteiger partial charge in [0, 0.05) is 18.8 Å². The molecule has 0 bridgehead atoms. The van der Waals surface area contributed by atoms with Crippen LogP contribution in [-0.4, -0.2) is 29.7 Å². The molecule has 1 aromatic carbocycles. The minimum atomic E-state index is -0.483. The van der Waals surface area contributed by atoms with E-state index in [9.17, 15) is 4.79 Å². The third kappa shape index (κ3) is 6.06. The molecule has 4 heteroatoms. The molecule has 4 nitrogen and oxygen atoms in total. The Bertz CT molecular complexity index is 535. The fraction of sp³-hybridized carbons (Fsp3) is 0.650. The summed E-state index contributed by atoms with van der Waals surface area (Å²) in [5, 5.41) is 3.39. The topological polar surface area (TPSA) is 41.6 Å². The van der Waals surface area contributed by atoms with Gasteiger partial charge in [-0.05, 0) is 65.2 Å². The Kier molecular flexibility index (Phi) is 7.59. The molecule has 1 unspecified atom stereocenters. The average molecular weight is 335 g/mol. The maximum atomic E-state index is 12.6. The second-order valence-corrected chi connectivity index (χ2v) is 7.31. The highest BCUT2D eigenvalue weighted by molar-refractivity contribution is 5.69. The standard InChI is InChI=1S/C20H34N2O2/c1-8-10-13-22(19(23)24-20(5,6)7)16(4)17-12-11-15(3)18(14-17)21-9-2/h11-12,14,16,21H,8-10,13H2,1-7H3. The summed E-state index contributed by atoms with van der Waals surface area (Å²) < 4.78 is 5.61. The first kappa shape index (κ1) is 20.3. The van der Waals surface area contributed by atoms with Gasteiger partial charge in [-0.3, -0.25) is 0 Å². The van der Waals surface area contributed by atoms with Gasteiger partial charge in [-0.15, -0.1) is 0 Å². The third-order valence-electron chi connectivity index (χ3n) is 3.96. The number of amides is 1. The number of carbonyl (C=O) groups excluding carboxylic acids is 1. The number of unbranched alkanes of at least 4 members (excludes halogenated alkanes) is 1. The van der Waals surface area contributed by atoms with Crippen LogP contribution in [0.2, 0.25) is 0 Å². The Morgan fingerprint density at radius 2 is 1.96 bits per heavy atom. The lowest BCUT2D eigenvalue weighted by atomic mass is 10.0. The Labute approximate surface area is 147 Å². The van der Waals surface area contributed by atoms with Crippen molar-refractivity contribution in [2.45, 2.75) is 73.0 Å². The van der Waals surface area contributed by atoms with E-state index in [1.807, 2.05) is 25.7 Å². The van der Waals surface area contributed by atoms with Crippen molar-refractivity contribution < 1.29 is 9.53 Å². The molecule has 0 radical (unpaired) electrons. The molecule has 0 fully saturated rings. The number of nitrogens with zero attached hydrogens (tertiary/aromatic N) is 1. The molecule has 1 N–H and O–H groups in total. The highest BCUT2D eigenvalue weighted by atomic mass is 16.6. The molecule has 1 rings (SSSR count). The summed E-state index contributed by atoms with van der Waals surface area (Å²) in [5.41, 5.74) is 2.98. The second kappa shape index (κ2) is 8.95. The van der Waals surface area contributed by atoms with Gasteiger partial charge in [0.05, 0.1) is 6.04 Å². The lowest BCUT2D eigenvalue weighted by Gasteiger charge is -2.32.